The van der Waals surface area contributed by atoms with Crippen LogP contribution in [-0.2, 0) is 43.4 Å². The maximum atomic E-state index is 13.0. The summed E-state index contributed by atoms with van der Waals surface area (Å²) < 4.78 is 88.7. The first-order chi connectivity index (χ1) is 27.2. The number of nitrogens with one attached hydrogen (secondary N) is 1. The van der Waals surface area contributed by atoms with Gasteiger partial charge in [-0.1, -0.05) is 167 Å². The number of aliphatic hydroxyl groups excluding tert-OH is 3. The van der Waals surface area contributed by atoms with Crippen LogP contribution in [0.3, 0.4) is 0 Å². The lowest BCUT2D eigenvalue weighted by molar-refractivity contribution is -0.293. The summed E-state index contributed by atoms with van der Waals surface area (Å²) in [6.45, 7) is 2.89. The summed E-state index contributed by atoms with van der Waals surface area (Å²) in [5.41, 5.74) is 0. The van der Waals surface area contributed by atoms with Crippen LogP contribution < -0.4 is 5.32 Å². The zero-order valence-electron chi connectivity index (χ0n) is 34.6. The van der Waals surface area contributed by atoms with Gasteiger partial charge in [0.05, 0.1) is 25.4 Å². The van der Waals surface area contributed by atoms with Crippen molar-refractivity contribution < 1.29 is 63.9 Å². The number of carbonyl (C=O) groups is 1. The van der Waals surface area contributed by atoms with Gasteiger partial charge in [-0.25, -0.2) is 16.8 Å². The van der Waals surface area contributed by atoms with Crippen molar-refractivity contribution in [1.82, 2.24) is 5.32 Å². The fourth-order valence-electron chi connectivity index (χ4n) is 6.96. The van der Waals surface area contributed by atoms with Crippen molar-refractivity contribution >= 4 is 26.7 Å². The highest BCUT2D eigenvalue weighted by Gasteiger charge is 2.50. The topological polar surface area (TPSA) is 241 Å². The Morgan fingerprint density at radius 1 is 0.702 bits per heavy atom. The zero-order chi connectivity index (χ0) is 42.4. The largest absolute Gasteiger partial charge is 0.726 e. The number of allylic oxidation sites excluding steroid dienone is 1. The molecule has 0 aromatic rings. The monoisotopic (exact) mass is 857 g/mol. The lowest BCUT2D eigenvalue weighted by Crippen LogP contribution is -2.62. The Bertz CT molecular complexity index is 1250. The second-order valence-electron chi connectivity index (χ2n) is 15.4. The van der Waals surface area contributed by atoms with E-state index in [1.54, 1.807) is 6.08 Å². The highest BCUT2D eigenvalue weighted by Crippen LogP contribution is 2.29. The Hall–Kier alpha value is -1.25. The van der Waals surface area contributed by atoms with Crippen LogP contribution in [-0.4, -0.2) is 103 Å². The van der Waals surface area contributed by atoms with Gasteiger partial charge in [-0.2, -0.15) is 0 Å². The van der Waals surface area contributed by atoms with E-state index < -0.39 is 76.9 Å². The summed E-state index contributed by atoms with van der Waals surface area (Å²) in [6.07, 6.45) is 20.4. The molecule has 1 fully saturated rings. The van der Waals surface area contributed by atoms with E-state index in [1.807, 2.05) is 0 Å². The van der Waals surface area contributed by atoms with E-state index in [9.17, 15) is 46.1 Å². The van der Waals surface area contributed by atoms with Crippen LogP contribution in [0.5, 0.6) is 0 Å². The molecular weight excluding hydrogens is 783 g/mol. The fraction of sp³-hybridized carbons (Fsp3) is 0.925. The van der Waals surface area contributed by atoms with Crippen molar-refractivity contribution in [2.24, 2.45) is 0 Å². The van der Waals surface area contributed by atoms with Gasteiger partial charge in [0.1, 0.15) is 18.3 Å². The molecule has 17 heteroatoms. The molecule has 7 atom stereocenters. The highest BCUT2D eigenvalue weighted by molar-refractivity contribution is 7.81. The maximum Gasteiger partial charge on any atom is 0.220 e. The van der Waals surface area contributed by atoms with Crippen LogP contribution in [0.25, 0.3) is 0 Å². The minimum Gasteiger partial charge on any atom is -0.726 e. The van der Waals surface area contributed by atoms with Gasteiger partial charge in [0.15, 0.2) is 12.4 Å². The van der Waals surface area contributed by atoms with Crippen LogP contribution in [0.4, 0.5) is 0 Å². The van der Waals surface area contributed by atoms with E-state index in [1.165, 1.54) is 109 Å². The van der Waals surface area contributed by atoms with E-state index in [4.69, 9.17) is 9.47 Å². The van der Waals surface area contributed by atoms with E-state index in [-0.39, 0.29) is 12.3 Å². The molecule has 0 radical (unpaired) electrons. The Kier molecular flexibility index (Phi) is 30.7. The van der Waals surface area contributed by atoms with Crippen molar-refractivity contribution in [2.45, 2.75) is 224 Å². The molecule has 57 heavy (non-hydrogen) atoms. The molecule has 1 aliphatic heterocycles. The molecule has 1 amide bonds. The predicted octanol–water partition coefficient (Wildman–Crippen LogP) is 6.36. The van der Waals surface area contributed by atoms with E-state index in [2.05, 4.69) is 27.5 Å². The van der Waals surface area contributed by atoms with Crippen LogP contribution in [0, 0.1) is 0 Å². The molecule has 4 N–H and O–H groups in total. The van der Waals surface area contributed by atoms with Crippen LogP contribution >= 0.6 is 0 Å². The average Bonchev–Trinajstić information content (AvgIpc) is 3.14. The van der Waals surface area contributed by atoms with Crippen molar-refractivity contribution in [3.63, 3.8) is 0 Å². The van der Waals surface area contributed by atoms with Crippen molar-refractivity contribution in [2.75, 3.05) is 13.2 Å². The summed E-state index contributed by atoms with van der Waals surface area (Å²) in [6, 6.07) is -1.14. The zero-order valence-corrected chi connectivity index (χ0v) is 36.3. The molecule has 338 valence electrons. The quantitative estimate of drug-likeness (QED) is 0.0230. The molecule has 1 heterocycles. The number of ether oxygens (including phenoxy) is 2. The third-order valence-corrected chi connectivity index (χ3v) is 11.2. The van der Waals surface area contributed by atoms with E-state index in [0.717, 1.165) is 44.9 Å². The summed E-state index contributed by atoms with van der Waals surface area (Å²) >= 11 is 0. The van der Waals surface area contributed by atoms with E-state index >= 15 is 0 Å². The molecule has 0 aromatic carbocycles. The number of hydrogen-bond donors (Lipinski definition) is 4. The lowest BCUT2D eigenvalue weighted by Gasteiger charge is -2.43. The third-order valence-electron chi connectivity index (χ3n) is 10.3. The SMILES string of the molecule is CCCCCCCCCCCCC/C=C/[C@@H](O)[C@H](COC1OC(CO)C(O)C(OS(=O)(=O)[O-])C1OS(=O)(=O)[O-])NC(=O)CCCCCCCCCCCCCCC. The number of carbonyl (C=O) groups excluding carboxylic acids is 1. The Labute approximate surface area is 344 Å². The standard InChI is InChI=1S/C40H77NO14S2/c1-3-5-7-9-11-13-15-17-19-21-23-25-27-29-34(43)33(41-36(44)30-28-26-24-22-20-18-16-14-12-10-8-6-4-2)32-52-40-39(55-57(49,50)51)38(54-56(46,47)48)37(45)35(31-42)53-40/h27,29,33-35,37-40,42-43,45H,3-26,28,30-32H2,1-2H3,(H,41,44)(H,46,47,48)(H,49,50,51)/p-2/b29-27+/t33-,34+,35?,37?,38?,39?,40?/m0/s1. The first-order valence-corrected chi connectivity index (χ1v) is 24.4. The Morgan fingerprint density at radius 3 is 1.56 bits per heavy atom. The molecule has 0 spiro atoms. The maximum absolute atomic E-state index is 13.0. The van der Waals surface area contributed by atoms with Crippen LogP contribution in [0.15, 0.2) is 12.2 Å². The van der Waals surface area contributed by atoms with Crippen LogP contribution in [0.2, 0.25) is 0 Å². The highest BCUT2D eigenvalue weighted by atomic mass is 32.3. The summed E-state index contributed by atoms with van der Waals surface area (Å²) in [5.74, 6) is -0.383. The molecule has 15 nitrogen and oxygen atoms in total. The van der Waals surface area contributed by atoms with Gasteiger partial charge in [-0.15, -0.1) is 0 Å². The fourth-order valence-corrected chi connectivity index (χ4v) is 7.93. The minimum atomic E-state index is -5.62. The molecule has 0 bridgehead atoms. The first-order valence-electron chi connectivity index (χ1n) is 21.7. The average molecular weight is 858 g/mol. The number of rotatable bonds is 37. The van der Waals surface area contributed by atoms with Gasteiger partial charge < -0.3 is 39.2 Å². The van der Waals surface area contributed by atoms with Gasteiger partial charge in [0.25, 0.3) is 0 Å². The smallest absolute Gasteiger partial charge is 0.220 e. The molecule has 1 aliphatic rings. The molecule has 0 aromatic heterocycles. The molecule has 1 saturated heterocycles. The normalized spacial score (nSPS) is 21.6. The van der Waals surface area contributed by atoms with Crippen molar-refractivity contribution in [3.05, 3.63) is 12.2 Å². The molecule has 0 saturated carbocycles. The van der Waals surface area contributed by atoms with Crippen molar-refractivity contribution in [3.8, 4) is 0 Å². The minimum absolute atomic E-state index is 0.166. The van der Waals surface area contributed by atoms with Gasteiger partial charge in [0, 0.05) is 6.42 Å². The lowest BCUT2D eigenvalue weighted by atomic mass is 9.99. The van der Waals surface area contributed by atoms with Gasteiger partial charge in [-0.05, 0) is 19.3 Å². The molecule has 1 rings (SSSR count). The van der Waals surface area contributed by atoms with Gasteiger partial charge in [-0.3, -0.25) is 13.2 Å². The van der Waals surface area contributed by atoms with Crippen molar-refractivity contribution in [1.29, 1.82) is 0 Å². The second kappa shape index (κ2) is 32.5. The number of aliphatic hydroxyl groups is 3. The molecule has 5 unspecified atom stereocenters. The third kappa shape index (κ3) is 28.0. The first kappa shape index (κ1) is 53.8. The molecule has 0 aliphatic carbocycles. The van der Waals surface area contributed by atoms with Gasteiger partial charge >= 0.3 is 0 Å². The summed E-state index contributed by atoms with van der Waals surface area (Å²) in [7, 11) is -11.2. The number of amides is 1. The summed E-state index contributed by atoms with van der Waals surface area (Å²) in [5, 5.41) is 34.0. The molecular formula is C40H75NO14S2-2. The second-order valence-corrected chi connectivity index (χ2v) is 17.4. The van der Waals surface area contributed by atoms with Gasteiger partial charge in [0.2, 0.25) is 26.7 Å². The summed E-state index contributed by atoms with van der Waals surface area (Å²) in [4.78, 5) is 13.0. The Morgan fingerprint density at radius 2 is 1.12 bits per heavy atom. The predicted molar refractivity (Wildman–Crippen MR) is 215 cm³/mol. The number of hydrogen-bond acceptors (Lipinski definition) is 14. The number of unbranched alkanes of at least 4 members (excludes halogenated alkanes) is 23. The van der Waals surface area contributed by atoms with Crippen LogP contribution in [0.1, 0.15) is 181 Å². The van der Waals surface area contributed by atoms with E-state index in [0.29, 0.717) is 12.8 Å². The Balaban J connectivity index is 2.80.